The van der Waals surface area contributed by atoms with E-state index in [4.69, 9.17) is 4.74 Å². The van der Waals surface area contributed by atoms with Crippen molar-refractivity contribution in [1.29, 1.82) is 0 Å². The van der Waals surface area contributed by atoms with E-state index in [9.17, 15) is 4.79 Å². The number of ketones is 1. The normalized spacial score (nSPS) is 43.0. The van der Waals surface area contributed by atoms with E-state index in [1.165, 1.54) is 12.8 Å². The first-order valence-corrected chi connectivity index (χ1v) is 4.39. The predicted molar refractivity (Wildman–Crippen MR) is 41.3 cm³/mol. The van der Waals surface area contributed by atoms with Crippen molar-refractivity contribution >= 4 is 5.78 Å². The molecule has 3 aliphatic carbocycles. The second-order valence-electron chi connectivity index (χ2n) is 3.67. The quantitative estimate of drug-likeness (QED) is 0.570. The Morgan fingerprint density at radius 2 is 1.91 bits per heavy atom. The zero-order valence-electron chi connectivity index (χ0n) is 6.88. The summed E-state index contributed by atoms with van der Waals surface area (Å²) in [6, 6.07) is 0. The highest BCUT2D eigenvalue weighted by Gasteiger charge is 2.42. The van der Waals surface area contributed by atoms with Crippen molar-refractivity contribution in [1.82, 2.24) is 0 Å². The Bertz CT molecular complexity index is 168. The minimum absolute atomic E-state index is 0.0532. The summed E-state index contributed by atoms with van der Waals surface area (Å²) < 4.78 is 5.19. The molecule has 0 aromatic carbocycles. The van der Waals surface area contributed by atoms with Crippen molar-refractivity contribution in [2.45, 2.75) is 31.8 Å². The van der Waals surface area contributed by atoms with Crippen LogP contribution in [0.1, 0.15) is 25.7 Å². The Kier molecular flexibility index (Phi) is 1.72. The lowest BCUT2D eigenvalue weighted by atomic mass is 9.68. The third-order valence-electron chi connectivity index (χ3n) is 3.14. The van der Waals surface area contributed by atoms with Crippen LogP contribution in [-0.2, 0) is 9.53 Å². The Morgan fingerprint density at radius 1 is 1.27 bits per heavy atom. The van der Waals surface area contributed by atoms with Crippen molar-refractivity contribution in [3.63, 3.8) is 0 Å². The largest absolute Gasteiger partial charge is 0.373 e. The first-order chi connectivity index (χ1) is 5.33. The molecule has 3 aliphatic rings. The Labute approximate surface area is 66.9 Å². The number of hydrogen-bond acceptors (Lipinski definition) is 2. The van der Waals surface area contributed by atoms with Crippen LogP contribution < -0.4 is 0 Å². The number of carbonyl (C=O) groups is 1. The fourth-order valence-electron chi connectivity index (χ4n) is 2.48. The molecule has 62 valence electrons. The second-order valence-corrected chi connectivity index (χ2v) is 3.67. The lowest BCUT2D eigenvalue weighted by Gasteiger charge is -2.39. The Hall–Kier alpha value is -0.370. The zero-order chi connectivity index (χ0) is 7.84. The highest BCUT2D eigenvalue weighted by molar-refractivity contribution is 5.87. The van der Waals surface area contributed by atoms with E-state index in [1.54, 1.807) is 7.11 Å². The van der Waals surface area contributed by atoms with Gasteiger partial charge in [-0.1, -0.05) is 0 Å². The molecule has 0 saturated heterocycles. The smallest absolute Gasteiger partial charge is 0.164 e. The van der Waals surface area contributed by atoms with Crippen LogP contribution in [0.2, 0.25) is 0 Å². The summed E-state index contributed by atoms with van der Waals surface area (Å²) in [6.07, 6.45) is 4.58. The zero-order valence-corrected chi connectivity index (χ0v) is 6.88. The molecule has 0 spiro atoms. The maximum Gasteiger partial charge on any atom is 0.164 e. The van der Waals surface area contributed by atoms with Crippen LogP contribution in [0.15, 0.2) is 0 Å². The van der Waals surface area contributed by atoms with Crippen molar-refractivity contribution in [2.24, 2.45) is 11.8 Å². The maximum absolute atomic E-state index is 11.5. The van der Waals surface area contributed by atoms with Gasteiger partial charge in [-0.3, -0.25) is 4.79 Å². The highest BCUT2D eigenvalue weighted by atomic mass is 16.5. The van der Waals surface area contributed by atoms with Gasteiger partial charge in [-0.2, -0.15) is 0 Å². The molecule has 0 radical (unpaired) electrons. The lowest BCUT2D eigenvalue weighted by Crippen LogP contribution is -2.45. The van der Waals surface area contributed by atoms with Gasteiger partial charge in [0.25, 0.3) is 0 Å². The highest BCUT2D eigenvalue weighted by Crippen LogP contribution is 2.39. The number of Topliss-reactive ketones (excluding diaryl/α,β-unsaturated/α-hetero) is 1. The van der Waals surface area contributed by atoms with E-state index in [0.29, 0.717) is 17.6 Å². The SMILES string of the molecule is COC1C(=O)C2CCC1CC2. The predicted octanol–water partition coefficient (Wildman–Crippen LogP) is 1.39. The van der Waals surface area contributed by atoms with Gasteiger partial charge in [0.15, 0.2) is 5.78 Å². The molecule has 11 heavy (non-hydrogen) atoms. The van der Waals surface area contributed by atoms with Crippen molar-refractivity contribution in [2.75, 3.05) is 7.11 Å². The van der Waals surface area contributed by atoms with Crippen molar-refractivity contribution < 1.29 is 9.53 Å². The van der Waals surface area contributed by atoms with Crippen LogP contribution >= 0.6 is 0 Å². The van der Waals surface area contributed by atoms with E-state index in [-0.39, 0.29) is 6.10 Å². The lowest BCUT2D eigenvalue weighted by molar-refractivity contribution is -0.145. The molecule has 3 saturated carbocycles. The molecule has 2 heteroatoms. The number of carbonyl (C=O) groups excluding carboxylic acids is 1. The number of hydrogen-bond donors (Lipinski definition) is 0. The summed E-state index contributed by atoms with van der Waals surface area (Å²) in [6.45, 7) is 0. The molecule has 0 aromatic rings. The van der Waals surface area contributed by atoms with E-state index in [2.05, 4.69) is 0 Å². The average molecular weight is 154 g/mol. The Morgan fingerprint density at radius 3 is 2.27 bits per heavy atom. The minimum atomic E-state index is -0.0532. The van der Waals surface area contributed by atoms with Gasteiger partial charge in [-0.25, -0.2) is 0 Å². The molecule has 1 unspecified atom stereocenters. The van der Waals surface area contributed by atoms with Gasteiger partial charge in [0.1, 0.15) is 6.10 Å². The van der Waals surface area contributed by atoms with Gasteiger partial charge in [-0.15, -0.1) is 0 Å². The molecule has 0 amide bonds. The van der Waals surface area contributed by atoms with E-state index < -0.39 is 0 Å². The Balaban J connectivity index is 2.16. The summed E-state index contributed by atoms with van der Waals surface area (Å²) in [5, 5.41) is 0. The number of rotatable bonds is 1. The number of methoxy groups -OCH3 is 1. The summed E-state index contributed by atoms with van der Waals surface area (Å²) >= 11 is 0. The molecule has 0 N–H and O–H groups in total. The molecule has 2 nitrogen and oxygen atoms in total. The van der Waals surface area contributed by atoms with Gasteiger partial charge in [0.05, 0.1) is 0 Å². The van der Waals surface area contributed by atoms with Crippen molar-refractivity contribution in [3.05, 3.63) is 0 Å². The van der Waals surface area contributed by atoms with Crippen LogP contribution in [0.5, 0.6) is 0 Å². The summed E-state index contributed by atoms with van der Waals surface area (Å²) in [5.74, 6) is 1.25. The monoisotopic (exact) mass is 154 g/mol. The molecule has 0 aromatic heterocycles. The average Bonchev–Trinajstić information content (AvgIpc) is 2.06. The van der Waals surface area contributed by atoms with Crippen LogP contribution in [-0.4, -0.2) is 19.0 Å². The third-order valence-corrected chi connectivity index (χ3v) is 3.14. The van der Waals surface area contributed by atoms with Gasteiger partial charge in [-0.05, 0) is 31.6 Å². The molecule has 2 bridgehead atoms. The summed E-state index contributed by atoms with van der Waals surface area (Å²) in [4.78, 5) is 11.5. The molecule has 0 heterocycles. The van der Waals surface area contributed by atoms with Gasteiger partial charge in [0, 0.05) is 13.0 Å². The first kappa shape index (κ1) is 7.29. The van der Waals surface area contributed by atoms with Gasteiger partial charge in [0.2, 0.25) is 0 Å². The third kappa shape index (κ3) is 1.00. The second kappa shape index (κ2) is 2.59. The van der Waals surface area contributed by atoms with Crippen LogP contribution in [0.3, 0.4) is 0 Å². The van der Waals surface area contributed by atoms with Crippen LogP contribution in [0.4, 0.5) is 0 Å². The molecular formula is C9H14O2. The fourth-order valence-corrected chi connectivity index (χ4v) is 2.48. The minimum Gasteiger partial charge on any atom is -0.373 e. The molecule has 3 fully saturated rings. The molecule has 3 rings (SSSR count). The fraction of sp³-hybridized carbons (Fsp3) is 0.889. The number of fused-ring (bicyclic) bond motifs is 3. The van der Waals surface area contributed by atoms with Crippen molar-refractivity contribution in [3.8, 4) is 0 Å². The summed E-state index contributed by atoms with van der Waals surface area (Å²) in [5.41, 5.74) is 0. The number of ether oxygens (including phenoxy) is 1. The van der Waals surface area contributed by atoms with E-state index >= 15 is 0 Å². The molecular weight excluding hydrogens is 140 g/mol. The first-order valence-electron chi connectivity index (χ1n) is 4.39. The van der Waals surface area contributed by atoms with Gasteiger partial charge >= 0.3 is 0 Å². The standard InChI is InChI=1S/C9H14O2/c1-11-9-7-4-2-6(3-5-7)8(9)10/h6-7,9H,2-5H2,1H3. The summed E-state index contributed by atoms with van der Waals surface area (Å²) in [7, 11) is 1.66. The van der Waals surface area contributed by atoms with E-state index in [0.717, 1.165) is 12.8 Å². The molecule has 0 aliphatic heterocycles. The van der Waals surface area contributed by atoms with Gasteiger partial charge < -0.3 is 4.74 Å². The topological polar surface area (TPSA) is 26.3 Å². The molecule has 1 atom stereocenters. The maximum atomic E-state index is 11.5. The van der Waals surface area contributed by atoms with E-state index in [1.807, 2.05) is 0 Å². The van der Waals surface area contributed by atoms with Crippen LogP contribution in [0, 0.1) is 11.8 Å². The van der Waals surface area contributed by atoms with Crippen LogP contribution in [0.25, 0.3) is 0 Å².